The van der Waals surface area contributed by atoms with E-state index in [1.807, 2.05) is 6.07 Å². The van der Waals surface area contributed by atoms with Crippen molar-refractivity contribution in [1.82, 2.24) is 14.3 Å². The molecule has 3 aliphatic heterocycles. The Morgan fingerprint density at radius 3 is 2.64 bits per heavy atom. The van der Waals surface area contributed by atoms with E-state index in [1.165, 1.54) is 16.6 Å². The smallest absolute Gasteiger partial charge is 0.232 e. The van der Waals surface area contributed by atoms with Gasteiger partial charge >= 0.3 is 0 Å². The van der Waals surface area contributed by atoms with E-state index < -0.39 is 38.5 Å². The maximum Gasteiger partial charge on any atom is 0.232 e. The monoisotopic (exact) mass is 573 g/mol. The maximum absolute atomic E-state index is 15.5. The minimum Gasteiger partial charge on any atom is -0.384 e. The number of rotatable bonds is 5. The van der Waals surface area contributed by atoms with Crippen molar-refractivity contribution in [3.05, 3.63) is 46.0 Å². The summed E-state index contributed by atoms with van der Waals surface area (Å²) in [7, 11) is -3.48. The minimum atomic E-state index is -3.48. The van der Waals surface area contributed by atoms with Gasteiger partial charge in [0.05, 0.1) is 52.3 Å². The van der Waals surface area contributed by atoms with E-state index >= 15 is 4.39 Å². The van der Waals surface area contributed by atoms with Crippen LogP contribution in [0.4, 0.5) is 16.0 Å². The summed E-state index contributed by atoms with van der Waals surface area (Å²) < 4.78 is 41.4. The van der Waals surface area contributed by atoms with Crippen molar-refractivity contribution in [2.24, 2.45) is 4.99 Å². The van der Waals surface area contributed by atoms with Crippen LogP contribution in [0.5, 0.6) is 0 Å². The number of nitrogens with zero attached hydrogens (tertiary/aromatic N) is 4. The van der Waals surface area contributed by atoms with Crippen LogP contribution in [0.1, 0.15) is 57.9 Å². The van der Waals surface area contributed by atoms with Crippen molar-refractivity contribution in [3.8, 4) is 11.3 Å². The number of sulfonamides is 1. The molecule has 39 heavy (non-hydrogen) atoms. The Labute approximate surface area is 230 Å². The first-order valence-corrected chi connectivity index (χ1v) is 15.4. The van der Waals surface area contributed by atoms with Gasteiger partial charge in [0.2, 0.25) is 16.0 Å². The van der Waals surface area contributed by atoms with Crippen LogP contribution in [0, 0.1) is 5.82 Å². The van der Waals surface area contributed by atoms with Gasteiger partial charge in [-0.15, -0.1) is 0 Å². The summed E-state index contributed by atoms with van der Waals surface area (Å²) in [5, 5.41) is 25.6. The number of aliphatic hydroxyl groups is 2. The van der Waals surface area contributed by atoms with Gasteiger partial charge in [-0.2, -0.15) is 0 Å². The molecule has 8 rings (SSSR count). The Hall–Kier alpha value is -2.60. The molecule has 1 aromatic carbocycles. The van der Waals surface area contributed by atoms with Crippen molar-refractivity contribution in [2.75, 3.05) is 11.6 Å². The second-order valence-corrected chi connectivity index (χ2v) is 14.3. The fraction of sp³-hybridized carbons (Fsp3) is 0.519. The zero-order valence-corrected chi connectivity index (χ0v) is 23.4. The first-order valence-electron chi connectivity index (χ1n) is 13.2. The Morgan fingerprint density at radius 2 is 1.97 bits per heavy atom. The van der Waals surface area contributed by atoms with E-state index in [1.54, 1.807) is 13.8 Å². The number of halogens is 2. The van der Waals surface area contributed by atoms with E-state index in [4.69, 9.17) is 11.6 Å². The van der Waals surface area contributed by atoms with Gasteiger partial charge < -0.3 is 15.5 Å². The molecule has 1 spiro atoms. The lowest BCUT2D eigenvalue weighted by Gasteiger charge is -2.43. The predicted molar refractivity (Wildman–Crippen MR) is 145 cm³/mol. The third-order valence-electron chi connectivity index (χ3n) is 9.02. The standard InChI is InChI=1S/C27H29ClFN5O4S/c1-25(2,35)23-26(6-4-5-7-26)15-8-13(9-18(29)21(15)32-23)20-17(28)12-30-24(33-20)31-19-11-14-10-16-22(27(16,19)36)34(14)39(3,37)38/h8-9,12,14,19,35-36H,4-7,10-11H2,1-3H3,(H,30,31,33)/t14-,19-,27-/m1/s1. The molecule has 0 amide bonds. The van der Waals surface area contributed by atoms with Gasteiger partial charge in [0.15, 0.2) is 0 Å². The van der Waals surface area contributed by atoms with Crippen molar-refractivity contribution >= 4 is 39.0 Å². The average Bonchev–Trinajstić information content (AvgIpc) is 3.28. The third-order valence-corrected chi connectivity index (χ3v) is 10.5. The molecule has 0 unspecified atom stereocenters. The zero-order valence-electron chi connectivity index (χ0n) is 21.8. The molecule has 206 valence electrons. The number of anilines is 1. The van der Waals surface area contributed by atoms with Crippen LogP contribution in [0.25, 0.3) is 11.3 Å². The molecule has 4 heterocycles. The molecule has 1 saturated heterocycles. The third kappa shape index (κ3) is 3.42. The fourth-order valence-corrected chi connectivity index (χ4v) is 9.02. The van der Waals surface area contributed by atoms with Crippen LogP contribution >= 0.6 is 11.6 Å². The zero-order chi connectivity index (χ0) is 27.7. The van der Waals surface area contributed by atoms with Gasteiger partial charge in [0.25, 0.3) is 0 Å². The summed E-state index contributed by atoms with van der Waals surface area (Å²) in [6, 6.07) is 2.49. The maximum atomic E-state index is 15.5. The van der Waals surface area contributed by atoms with Crippen LogP contribution in [0.3, 0.4) is 0 Å². The molecule has 3 atom stereocenters. The van der Waals surface area contributed by atoms with E-state index in [0.717, 1.165) is 43.1 Å². The first-order chi connectivity index (χ1) is 18.2. The van der Waals surface area contributed by atoms with Crippen molar-refractivity contribution in [1.29, 1.82) is 0 Å². The molecule has 1 aromatic heterocycles. The molecule has 3 N–H and O–H groups in total. The second kappa shape index (κ2) is 7.78. The lowest BCUT2D eigenvalue weighted by atomic mass is 9.71. The van der Waals surface area contributed by atoms with Gasteiger partial charge in [-0.25, -0.2) is 22.8 Å². The molecule has 3 aliphatic carbocycles. The Bertz CT molecular complexity index is 1630. The van der Waals surface area contributed by atoms with Crippen LogP contribution < -0.4 is 5.32 Å². The topological polar surface area (TPSA) is 128 Å². The molecule has 0 radical (unpaired) electrons. The van der Waals surface area contributed by atoms with Crippen LogP contribution in [-0.4, -0.2) is 68.2 Å². The molecule has 2 aromatic rings. The highest BCUT2D eigenvalue weighted by Crippen LogP contribution is 2.63. The molecular weight excluding hydrogens is 545 g/mol. The molecular formula is C27H29ClFN5O4S. The molecule has 6 aliphatic rings. The van der Waals surface area contributed by atoms with Gasteiger partial charge in [-0.05, 0) is 62.8 Å². The second-order valence-electron chi connectivity index (χ2n) is 12.0. The van der Waals surface area contributed by atoms with E-state index in [-0.39, 0.29) is 22.7 Å². The number of hydrogen-bond donors (Lipinski definition) is 3. The number of piperidine rings is 2. The van der Waals surface area contributed by atoms with Crippen molar-refractivity contribution < 1.29 is 23.0 Å². The summed E-state index contributed by atoms with van der Waals surface area (Å²) in [4.78, 5) is 13.5. The number of hydrogen-bond acceptors (Lipinski definition) is 8. The van der Waals surface area contributed by atoms with E-state index in [9.17, 15) is 18.6 Å². The van der Waals surface area contributed by atoms with E-state index in [2.05, 4.69) is 20.3 Å². The summed E-state index contributed by atoms with van der Waals surface area (Å²) in [6.07, 6.45) is 6.98. The quantitative estimate of drug-likeness (QED) is 0.496. The SMILES string of the molecule is CC(C)(O)C1=Nc2c(F)cc(-c3nc(N[C@@H]4C[C@H]5CC6=C(N5S(C)(=O)=O)[C@@]64O)ncc3Cl)cc2C12CCCC2. The molecule has 2 saturated carbocycles. The fourth-order valence-electron chi connectivity index (χ4n) is 7.54. The number of nitrogens with one attached hydrogen (secondary N) is 1. The Balaban J connectivity index is 1.22. The highest BCUT2D eigenvalue weighted by Gasteiger charge is 2.71. The predicted octanol–water partition coefficient (Wildman–Crippen LogP) is 3.82. The van der Waals surface area contributed by atoms with Gasteiger partial charge in [0, 0.05) is 11.0 Å². The van der Waals surface area contributed by atoms with Crippen LogP contribution in [0.2, 0.25) is 5.02 Å². The number of benzene rings is 1. The molecule has 12 heteroatoms. The lowest BCUT2D eigenvalue weighted by molar-refractivity contribution is 0.0654. The normalized spacial score (nSPS) is 28.3. The van der Waals surface area contributed by atoms with Gasteiger partial charge in [-0.3, -0.25) is 9.30 Å². The highest BCUT2D eigenvalue weighted by molar-refractivity contribution is 7.88. The van der Waals surface area contributed by atoms with Crippen molar-refractivity contribution in [3.63, 3.8) is 0 Å². The number of fused-ring (bicyclic) bond motifs is 3. The highest BCUT2D eigenvalue weighted by atomic mass is 35.5. The summed E-state index contributed by atoms with van der Waals surface area (Å²) in [6.45, 7) is 3.38. The number of aliphatic imine (C=N–C) groups is 1. The van der Waals surface area contributed by atoms with Gasteiger partial charge in [-0.1, -0.05) is 24.4 Å². The molecule has 3 fully saturated rings. The van der Waals surface area contributed by atoms with Crippen molar-refractivity contribution in [2.45, 2.75) is 81.1 Å². The lowest BCUT2D eigenvalue weighted by Crippen LogP contribution is -2.56. The minimum absolute atomic E-state index is 0.205. The Kier molecular flexibility index (Phi) is 5.06. The Morgan fingerprint density at radius 1 is 1.26 bits per heavy atom. The average molecular weight is 574 g/mol. The summed E-state index contributed by atoms with van der Waals surface area (Å²) in [5.41, 5.74) is 0.528. The largest absolute Gasteiger partial charge is 0.384 e. The molecule has 9 nitrogen and oxygen atoms in total. The number of aromatic nitrogens is 2. The van der Waals surface area contributed by atoms with Crippen LogP contribution in [-0.2, 0) is 15.4 Å². The summed E-state index contributed by atoms with van der Waals surface area (Å²) in [5.74, 6) is -0.301. The summed E-state index contributed by atoms with van der Waals surface area (Å²) >= 11 is 6.52. The molecule has 4 bridgehead atoms. The van der Waals surface area contributed by atoms with E-state index in [0.29, 0.717) is 35.5 Å². The van der Waals surface area contributed by atoms with Crippen LogP contribution in [0.15, 0.2) is 34.6 Å². The first kappa shape index (κ1) is 25.4. The van der Waals surface area contributed by atoms with Gasteiger partial charge in [0.1, 0.15) is 17.1 Å².